The molecule has 1 N–H and O–H groups in total. The second-order valence-corrected chi connectivity index (χ2v) is 8.81. The van der Waals surface area contributed by atoms with Gasteiger partial charge in [0, 0.05) is 0 Å². The quantitative estimate of drug-likeness (QED) is 0.785. The molecule has 0 spiro atoms. The number of carbonyl (C=O) groups is 1. The van der Waals surface area contributed by atoms with Crippen molar-refractivity contribution in [3.63, 3.8) is 0 Å². The SMILES string of the molecule is Cc1ccc([C@H](C)NC(=O)CN(c2ccc(F)c(Cl)c2)S(C)(=O)=O)cc1C. The molecule has 0 radical (unpaired) electrons. The number of hydrogen-bond donors (Lipinski definition) is 1. The maximum absolute atomic E-state index is 13.4. The van der Waals surface area contributed by atoms with Gasteiger partial charge in [0.25, 0.3) is 0 Å². The Kier molecular flexibility index (Phi) is 6.49. The summed E-state index contributed by atoms with van der Waals surface area (Å²) < 4.78 is 38.5. The highest BCUT2D eigenvalue weighted by atomic mass is 35.5. The normalized spacial score (nSPS) is 12.5. The van der Waals surface area contributed by atoms with Crippen molar-refractivity contribution < 1.29 is 17.6 Å². The third-order valence-corrected chi connectivity index (χ3v) is 5.72. The minimum atomic E-state index is -3.76. The summed E-state index contributed by atoms with van der Waals surface area (Å²) in [5.74, 6) is -1.15. The van der Waals surface area contributed by atoms with Crippen molar-refractivity contribution in [3.05, 3.63) is 63.9 Å². The fourth-order valence-corrected chi connectivity index (χ4v) is 3.60. The second-order valence-electron chi connectivity index (χ2n) is 6.50. The number of anilines is 1. The van der Waals surface area contributed by atoms with E-state index in [2.05, 4.69) is 5.32 Å². The van der Waals surface area contributed by atoms with Gasteiger partial charge in [0.15, 0.2) is 0 Å². The van der Waals surface area contributed by atoms with E-state index in [0.717, 1.165) is 33.3 Å². The van der Waals surface area contributed by atoms with Crippen LogP contribution in [0.1, 0.15) is 29.7 Å². The third-order valence-electron chi connectivity index (χ3n) is 4.29. The molecule has 5 nitrogen and oxygen atoms in total. The molecule has 0 saturated heterocycles. The van der Waals surface area contributed by atoms with Crippen molar-refractivity contribution in [3.8, 4) is 0 Å². The molecule has 0 aliphatic carbocycles. The van der Waals surface area contributed by atoms with Crippen molar-refractivity contribution in [2.75, 3.05) is 17.1 Å². The predicted octanol–water partition coefficient (Wildman–Crippen LogP) is 3.74. The van der Waals surface area contributed by atoms with Gasteiger partial charge < -0.3 is 5.32 Å². The summed E-state index contributed by atoms with van der Waals surface area (Å²) in [6.45, 7) is 5.37. The van der Waals surface area contributed by atoms with Crippen LogP contribution >= 0.6 is 11.6 Å². The van der Waals surface area contributed by atoms with Crippen LogP contribution in [-0.4, -0.2) is 27.1 Å². The summed E-state index contributed by atoms with van der Waals surface area (Å²) in [5.41, 5.74) is 3.29. The van der Waals surface area contributed by atoms with Crippen LogP contribution in [-0.2, 0) is 14.8 Å². The van der Waals surface area contributed by atoms with E-state index < -0.39 is 28.3 Å². The van der Waals surface area contributed by atoms with Crippen molar-refractivity contribution in [2.24, 2.45) is 0 Å². The number of sulfonamides is 1. The number of amides is 1. The van der Waals surface area contributed by atoms with Crippen molar-refractivity contribution in [1.29, 1.82) is 0 Å². The number of benzene rings is 2. The monoisotopic (exact) mass is 412 g/mol. The van der Waals surface area contributed by atoms with E-state index in [9.17, 15) is 17.6 Å². The lowest BCUT2D eigenvalue weighted by atomic mass is 10.0. The van der Waals surface area contributed by atoms with E-state index in [-0.39, 0.29) is 16.8 Å². The number of carbonyl (C=O) groups excluding carboxylic acids is 1. The molecule has 2 aromatic rings. The topological polar surface area (TPSA) is 66.5 Å². The summed E-state index contributed by atoms with van der Waals surface area (Å²) in [4.78, 5) is 12.4. The van der Waals surface area contributed by atoms with E-state index in [0.29, 0.717) is 0 Å². The van der Waals surface area contributed by atoms with Gasteiger partial charge in [0.2, 0.25) is 15.9 Å². The highest BCUT2D eigenvalue weighted by molar-refractivity contribution is 7.92. The maximum atomic E-state index is 13.4. The van der Waals surface area contributed by atoms with Crippen molar-refractivity contribution >= 4 is 33.2 Å². The fraction of sp³-hybridized carbons (Fsp3) is 0.316. The van der Waals surface area contributed by atoms with Crippen LogP contribution in [0, 0.1) is 19.7 Å². The Labute approximate surface area is 164 Å². The number of rotatable bonds is 6. The molecule has 27 heavy (non-hydrogen) atoms. The smallest absolute Gasteiger partial charge is 0.241 e. The van der Waals surface area contributed by atoms with Crippen LogP contribution < -0.4 is 9.62 Å². The predicted molar refractivity (Wildman–Crippen MR) is 106 cm³/mol. The Bertz CT molecular complexity index is 963. The van der Waals surface area contributed by atoms with Crippen LogP contribution in [0.3, 0.4) is 0 Å². The van der Waals surface area contributed by atoms with Gasteiger partial charge in [-0.2, -0.15) is 0 Å². The Morgan fingerprint density at radius 2 is 1.85 bits per heavy atom. The number of hydrogen-bond acceptors (Lipinski definition) is 3. The van der Waals surface area contributed by atoms with Crippen LogP contribution in [0.4, 0.5) is 10.1 Å². The highest BCUT2D eigenvalue weighted by Gasteiger charge is 2.22. The molecule has 0 heterocycles. The third kappa shape index (κ3) is 5.43. The van der Waals surface area contributed by atoms with Crippen LogP contribution in [0.15, 0.2) is 36.4 Å². The van der Waals surface area contributed by atoms with Crippen LogP contribution in [0.25, 0.3) is 0 Å². The molecule has 0 unspecified atom stereocenters. The maximum Gasteiger partial charge on any atom is 0.241 e. The van der Waals surface area contributed by atoms with Gasteiger partial charge in [0.05, 0.1) is 23.0 Å². The van der Waals surface area contributed by atoms with Gasteiger partial charge in [-0.15, -0.1) is 0 Å². The minimum absolute atomic E-state index is 0.123. The Morgan fingerprint density at radius 1 is 1.19 bits per heavy atom. The average Bonchev–Trinajstić information content (AvgIpc) is 2.56. The van der Waals surface area contributed by atoms with Gasteiger partial charge in [-0.3, -0.25) is 9.10 Å². The first-order chi connectivity index (χ1) is 12.5. The van der Waals surface area contributed by atoms with Gasteiger partial charge in [-0.1, -0.05) is 29.8 Å². The molecule has 8 heteroatoms. The number of aryl methyl sites for hydroxylation is 2. The van der Waals surface area contributed by atoms with E-state index >= 15 is 0 Å². The average molecular weight is 413 g/mol. The largest absolute Gasteiger partial charge is 0.348 e. The summed E-state index contributed by atoms with van der Waals surface area (Å²) in [6.07, 6.45) is 0.976. The number of halogens is 2. The first kappa shape index (κ1) is 21.2. The minimum Gasteiger partial charge on any atom is -0.348 e. The molecule has 0 aliphatic heterocycles. The first-order valence-corrected chi connectivity index (χ1v) is 10.5. The summed E-state index contributed by atoms with van der Waals surface area (Å²) >= 11 is 5.74. The zero-order chi connectivity index (χ0) is 20.4. The van der Waals surface area contributed by atoms with E-state index in [1.165, 1.54) is 12.1 Å². The van der Waals surface area contributed by atoms with Gasteiger partial charge >= 0.3 is 0 Å². The molecule has 2 rings (SSSR count). The molecule has 0 saturated carbocycles. The molecule has 1 amide bonds. The molecular formula is C19H22ClFN2O3S. The molecular weight excluding hydrogens is 391 g/mol. The molecule has 0 aliphatic rings. The Morgan fingerprint density at radius 3 is 2.41 bits per heavy atom. The number of nitrogens with one attached hydrogen (secondary N) is 1. The molecule has 146 valence electrons. The molecule has 0 fully saturated rings. The lowest BCUT2D eigenvalue weighted by Crippen LogP contribution is -2.41. The van der Waals surface area contributed by atoms with Crippen molar-refractivity contribution in [1.82, 2.24) is 5.32 Å². The molecule has 2 aromatic carbocycles. The number of nitrogens with zero attached hydrogens (tertiary/aromatic N) is 1. The molecule has 1 atom stereocenters. The van der Waals surface area contributed by atoms with E-state index in [4.69, 9.17) is 11.6 Å². The van der Waals surface area contributed by atoms with Crippen LogP contribution in [0.5, 0.6) is 0 Å². The van der Waals surface area contributed by atoms with Gasteiger partial charge in [-0.25, -0.2) is 12.8 Å². The summed E-state index contributed by atoms with van der Waals surface area (Å²) in [5, 5.41) is 2.57. The molecule has 0 aromatic heterocycles. The second kappa shape index (κ2) is 8.27. The van der Waals surface area contributed by atoms with Crippen LogP contribution in [0.2, 0.25) is 5.02 Å². The Balaban J connectivity index is 2.18. The Hall–Kier alpha value is -2.12. The zero-order valence-electron chi connectivity index (χ0n) is 15.6. The van der Waals surface area contributed by atoms with Gasteiger partial charge in [-0.05, 0) is 55.7 Å². The zero-order valence-corrected chi connectivity index (χ0v) is 17.2. The molecule has 0 bridgehead atoms. The summed E-state index contributed by atoms with van der Waals surface area (Å²) in [6, 6.07) is 9.08. The van der Waals surface area contributed by atoms with Crippen molar-refractivity contribution in [2.45, 2.75) is 26.8 Å². The summed E-state index contributed by atoms with van der Waals surface area (Å²) in [7, 11) is -3.76. The highest BCUT2D eigenvalue weighted by Crippen LogP contribution is 2.24. The lowest BCUT2D eigenvalue weighted by molar-refractivity contribution is -0.120. The fourth-order valence-electron chi connectivity index (χ4n) is 2.58. The lowest BCUT2D eigenvalue weighted by Gasteiger charge is -2.23. The first-order valence-electron chi connectivity index (χ1n) is 8.28. The standard InChI is InChI=1S/C19H22ClFN2O3S/c1-12-5-6-15(9-13(12)2)14(3)22-19(24)11-23(27(4,25)26)16-7-8-18(21)17(20)10-16/h5-10,14H,11H2,1-4H3,(H,22,24)/t14-/m0/s1. The van der Waals surface area contributed by atoms with E-state index in [1.807, 2.05) is 39.0 Å². The van der Waals surface area contributed by atoms with E-state index in [1.54, 1.807) is 0 Å². The van der Waals surface area contributed by atoms with Gasteiger partial charge in [0.1, 0.15) is 12.4 Å².